The molecule has 0 radical (unpaired) electrons. The van der Waals surface area contributed by atoms with Gasteiger partial charge in [0.25, 0.3) is 0 Å². The number of rotatable bonds is 5. The third-order valence-electron chi connectivity index (χ3n) is 2.62. The van der Waals surface area contributed by atoms with Crippen molar-refractivity contribution in [1.29, 1.82) is 0 Å². The molecule has 2 rings (SSSR count). The molecule has 19 heavy (non-hydrogen) atoms. The number of nitrogens with one attached hydrogen (secondary N) is 1. The van der Waals surface area contributed by atoms with Crippen LogP contribution in [-0.2, 0) is 0 Å². The summed E-state index contributed by atoms with van der Waals surface area (Å²) in [5.41, 5.74) is 5.57. The zero-order valence-electron chi connectivity index (χ0n) is 10.8. The number of hydrogen-bond acceptors (Lipinski definition) is 6. The molecule has 2 aromatic rings. The molecule has 102 valence electrons. The van der Waals surface area contributed by atoms with Crippen molar-refractivity contribution >= 4 is 23.2 Å². The first kappa shape index (κ1) is 13.7. The van der Waals surface area contributed by atoms with Gasteiger partial charge in [-0.3, -0.25) is 0 Å². The van der Waals surface area contributed by atoms with Crippen LogP contribution in [0, 0.1) is 0 Å². The molecule has 0 saturated carbocycles. The standard InChI is InChI=1S/C12H16FN5S/c1-3-8(9-5-4-6-19-9)15-12-17-10(7(2)13)16-11(14)18-12/h4-8H,3H2,1-2H3,(H3,14,15,16,17,18). The summed E-state index contributed by atoms with van der Waals surface area (Å²) in [5.74, 6) is 0.390. The Morgan fingerprint density at radius 1 is 1.42 bits per heavy atom. The largest absolute Gasteiger partial charge is 0.368 e. The molecule has 0 saturated heterocycles. The highest BCUT2D eigenvalue weighted by molar-refractivity contribution is 7.10. The number of alkyl halides is 1. The van der Waals surface area contributed by atoms with Crippen LogP contribution in [-0.4, -0.2) is 15.0 Å². The van der Waals surface area contributed by atoms with Gasteiger partial charge in [0.05, 0.1) is 6.04 Å². The Labute approximate surface area is 115 Å². The predicted octanol–water partition coefficient (Wildman–Crippen LogP) is 3.11. The molecular weight excluding hydrogens is 265 g/mol. The van der Waals surface area contributed by atoms with Gasteiger partial charge in [-0.1, -0.05) is 13.0 Å². The minimum atomic E-state index is -1.27. The second kappa shape index (κ2) is 5.92. The Hall–Kier alpha value is -1.76. The smallest absolute Gasteiger partial charge is 0.228 e. The molecule has 0 fully saturated rings. The molecule has 0 aliphatic rings. The van der Waals surface area contributed by atoms with Gasteiger partial charge in [0, 0.05) is 4.88 Å². The van der Waals surface area contributed by atoms with Crippen LogP contribution in [0.2, 0.25) is 0 Å². The molecule has 0 aliphatic heterocycles. The number of nitrogens with zero attached hydrogens (tertiary/aromatic N) is 3. The highest BCUT2D eigenvalue weighted by atomic mass is 32.1. The third kappa shape index (κ3) is 3.37. The molecule has 7 heteroatoms. The van der Waals surface area contributed by atoms with Crippen molar-refractivity contribution in [3.63, 3.8) is 0 Å². The van der Waals surface area contributed by atoms with E-state index < -0.39 is 6.17 Å². The summed E-state index contributed by atoms with van der Waals surface area (Å²) < 4.78 is 13.3. The average Bonchev–Trinajstić information content (AvgIpc) is 2.89. The summed E-state index contributed by atoms with van der Waals surface area (Å²) >= 11 is 1.65. The van der Waals surface area contributed by atoms with Gasteiger partial charge in [-0.15, -0.1) is 11.3 Å². The van der Waals surface area contributed by atoms with Crippen LogP contribution < -0.4 is 11.1 Å². The second-order valence-corrected chi connectivity index (χ2v) is 5.09. The summed E-state index contributed by atoms with van der Waals surface area (Å²) in [6, 6.07) is 4.11. The number of thiophene rings is 1. The summed E-state index contributed by atoms with van der Waals surface area (Å²) in [4.78, 5) is 13.0. The van der Waals surface area contributed by atoms with E-state index in [9.17, 15) is 4.39 Å². The van der Waals surface area contributed by atoms with E-state index in [0.717, 1.165) is 6.42 Å². The van der Waals surface area contributed by atoms with Crippen molar-refractivity contribution < 1.29 is 4.39 Å². The van der Waals surface area contributed by atoms with E-state index in [0.29, 0.717) is 5.95 Å². The van der Waals surface area contributed by atoms with Crippen molar-refractivity contribution in [3.8, 4) is 0 Å². The zero-order chi connectivity index (χ0) is 13.8. The van der Waals surface area contributed by atoms with Crippen LogP contribution in [0.15, 0.2) is 17.5 Å². The first-order valence-corrected chi connectivity index (χ1v) is 6.93. The fraction of sp³-hybridized carbons (Fsp3) is 0.417. The number of aromatic nitrogens is 3. The van der Waals surface area contributed by atoms with Crippen LogP contribution in [0.3, 0.4) is 0 Å². The predicted molar refractivity (Wildman–Crippen MR) is 74.7 cm³/mol. The van der Waals surface area contributed by atoms with Gasteiger partial charge in [0.1, 0.15) is 0 Å². The molecule has 0 amide bonds. The van der Waals surface area contributed by atoms with Gasteiger partial charge < -0.3 is 11.1 Å². The van der Waals surface area contributed by atoms with Crippen molar-refractivity contribution in [2.24, 2.45) is 0 Å². The molecule has 0 bridgehead atoms. The van der Waals surface area contributed by atoms with Crippen molar-refractivity contribution in [2.45, 2.75) is 32.5 Å². The average molecular weight is 281 g/mol. The molecular formula is C12H16FN5S. The van der Waals surface area contributed by atoms with Crippen LogP contribution in [0.4, 0.5) is 16.3 Å². The topological polar surface area (TPSA) is 76.7 Å². The van der Waals surface area contributed by atoms with Gasteiger partial charge in [-0.2, -0.15) is 15.0 Å². The molecule has 2 aromatic heterocycles. The molecule has 2 atom stereocenters. The highest BCUT2D eigenvalue weighted by Crippen LogP contribution is 2.25. The fourth-order valence-corrected chi connectivity index (χ4v) is 2.53. The van der Waals surface area contributed by atoms with Crippen molar-refractivity contribution in [1.82, 2.24) is 15.0 Å². The maximum absolute atomic E-state index is 13.3. The number of anilines is 2. The van der Waals surface area contributed by atoms with Crippen molar-refractivity contribution in [3.05, 3.63) is 28.2 Å². The Morgan fingerprint density at radius 3 is 2.79 bits per heavy atom. The second-order valence-electron chi connectivity index (χ2n) is 4.11. The number of halogens is 1. The lowest BCUT2D eigenvalue weighted by molar-refractivity contribution is 0.356. The van der Waals surface area contributed by atoms with Crippen LogP contribution >= 0.6 is 11.3 Å². The van der Waals surface area contributed by atoms with Gasteiger partial charge >= 0.3 is 0 Å². The van der Waals surface area contributed by atoms with Crippen LogP contribution in [0.5, 0.6) is 0 Å². The SMILES string of the molecule is CCC(Nc1nc(N)nc(C(C)F)n1)c1cccs1. The maximum Gasteiger partial charge on any atom is 0.228 e. The molecule has 5 nitrogen and oxygen atoms in total. The molecule has 0 aliphatic carbocycles. The Bertz CT molecular complexity index is 529. The lowest BCUT2D eigenvalue weighted by Gasteiger charge is -2.16. The van der Waals surface area contributed by atoms with Crippen LogP contribution in [0.1, 0.15) is 43.2 Å². The van der Waals surface area contributed by atoms with Gasteiger partial charge in [-0.25, -0.2) is 4.39 Å². The van der Waals surface area contributed by atoms with Gasteiger partial charge in [-0.05, 0) is 24.8 Å². The van der Waals surface area contributed by atoms with Crippen LogP contribution in [0.25, 0.3) is 0 Å². The lowest BCUT2D eigenvalue weighted by Crippen LogP contribution is -2.14. The van der Waals surface area contributed by atoms with E-state index in [1.807, 2.05) is 17.5 Å². The molecule has 0 aromatic carbocycles. The number of hydrogen-bond donors (Lipinski definition) is 2. The molecule has 2 heterocycles. The normalized spacial score (nSPS) is 14.1. The summed E-state index contributed by atoms with van der Waals surface area (Å²) in [6.07, 6.45) is -0.403. The van der Waals surface area contributed by atoms with E-state index in [2.05, 4.69) is 27.2 Å². The Balaban J connectivity index is 2.22. The maximum atomic E-state index is 13.3. The lowest BCUT2D eigenvalue weighted by atomic mass is 10.2. The number of nitrogen functional groups attached to an aromatic ring is 1. The van der Waals surface area contributed by atoms with Gasteiger partial charge in [0.15, 0.2) is 12.0 Å². The Morgan fingerprint density at radius 2 is 2.21 bits per heavy atom. The first-order chi connectivity index (χ1) is 9.10. The molecule has 0 spiro atoms. The molecule has 3 N–H and O–H groups in total. The van der Waals surface area contributed by atoms with E-state index in [1.165, 1.54) is 11.8 Å². The Kier molecular flexibility index (Phi) is 4.26. The highest BCUT2D eigenvalue weighted by Gasteiger charge is 2.15. The zero-order valence-corrected chi connectivity index (χ0v) is 11.6. The first-order valence-electron chi connectivity index (χ1n) is 6.05. The van der Waals surface area contributed by atoms with E-state index in [4.69, 9.17) is 5.73 Å². The van der Waals surface area contributed by atoms with E-state index in [-0.39, 0.29) is 17.8 Å². The van der Waals surface area contributed by atoms with Gasteiger partial charge in [0.2, 0.25) is 11.9 Å². The summed E-state index contributed by atoms with van der Waals surface area (Å²) in [7, 11) is 0. The number of nitrogens with two attached hydrogens (primary N) is 1. The summed E-state index contributed by atoms with van der Waals surface area (Å²) in [6.45, 7) is 3.43. The minimum Gasteiger partial charge on any atom is -0.368 e. The quantitative estimate of drug-likeness (QED) is 0.880. The summed E-state index contributed by atoms with van der Waals surface area (Å²) in [5, 5.41) is 5.18. The van der Waals surface area contributed by atoms with E-state index >= 15 is 0 Å². The van der Waals surface area contributed by atoms with Crippen molar-refractivity contribution in [2.75, 3.05) is 11.1 Å². The third-order valence-corrected chi connectivity index (χ3v) is 3.61. The monoisotopic (exact) mass is 281 g/mol. The minimum absolute atomic E-state index is 0.0260. The molecule has 2 unspecified atom stereocenters. The fourth-order valence-electron chi connectivity index (χ4n) is 1.67. The van der Waals surface area contributed by atoms with E-state index in [1.54, 1.807) is 11.3 Å².